The molecule has 0 radical (unpaired) electrons. The van der Waals surface area contributed by atoms with Crippen LogP contribution in [0, 0.1) is 0 Å². The summed E-state index contributed by atoms with van der Waals surface area (Å²) in [6, 6.07) is 0. The van der Waals surface area contributed by atoms with Crippen molar-refractivity contribution in [3.8, 4) is 0 Å². The van der Waals surface area contributed by atoms with Crippen LogP contribution in [0.25, 0.3) is 0 Å². The molecule has 0 aromatic carbocycles. The molecule has 1 amide bonds. The number of likely N-dealkylation sites (N-methyl/N-ethyl adjacent to an activating group) is 1. The number of carbonyl (C=O) groups is 1. The molecular formula is C13H23NO2. The van der Waals surface area contributed by atoms with Gasteiger partial charge < -0.3 is 9.64 Å². The van der Waals surface area contributed by atoms with Gasteiger partial charge in [0.2, 0.25) is 0 Å². The monoisotopic (exact) mass is 225 g/mol. The number of carbonyl (C=O) groups excluding carboxylic acids is 1. The average molecular weight is 225 g/mol. The van der Waals surface area contributed by atoms with Gasteiger partial charge in [-0.25, -0.2) is 4.79 Å². The molecule has 0 saturated carbocycles. The molecule has 0 heterocycles. The topological polar surface area (TPSA) is 29.5 Å². The van der Waals surface area contributed by atoms with E-state index in [1.165, 1.54) is 18.4 Å². The number of hydrogen-bond donors (Lipinski definition) is 0. The lowest BCUT2D eigenvalue weighted by Crippen LogP contribution is -2.35. The zero-order chi connectivity index (χ0) is 12.2. The Hall–Kier alpha value is -0.990. The first-order chi connectivity index (χ1) is 7.38. The van der Waals surface area contributed by atoms with E-state index in [0.717, 1.165) is 12.8 Å². The van der Waals surface area contributed by atoms with Crippen molar-refractivity contribution in [2.45, 2.75) is 52.1 Å². The molecule has 0 aromatic heterocycles. The summed E-state index contributed by atoms with van der Waals surface area (Å²) in [5, 5.41) is 0. The molecule has 0 aliphatic heterocycles. The number of amides is 1. The second kappa shape index (κ2) is 5.37. The predicted octanol–water partition coefficient (Wildman–Crippen LogP) is 3.35. The van der Waals surface area contributed by atoms with E-state index in [2.05, 4.69) is 6.08 Å². The van der Waals surface area contributed by atoms with Gasteiger partial charge in [0, 0.05) is 13.6 Å². The molecule has 1 aliphatic rings. The minimum atomic E-state index is -0.410. The summed E-state index contributed by atoms with van der Waals surface area (Å²) < 4.78 is 5.30. The summed E-state index contributed by atoms with van der Waals surface area (Å²) in [7, 11) is 1.80. The fourth-order valence-corrected chi connectivity index (χ4v) is 1.76. The molecule has 0 spiro atoms. The van der Waals surface area contributed by atoms with Crippen molar-refractivity contribution in [1.29, 1.82) is 0 Å². The van der Waals surface area contributed by atoms with Gasteiger partial charge in [0.15, 0.2) is 0 Å². The standard InChI is InChI=1S/C13H23NO2/c1-13(2,3)16-12(15)14(4)10-11-8-6-5-7-9-11/h8H,5-7,9-10H2,1-4H3. The molecule has 92 valence electrons. The van der Waals surface area contributed by atoms with Crippen LogP contribution in [0.2, 0.25) is 0 Å². The van der Waals surface area contributed by atoms with Crippen molar-refractivity contribution in [3.63, 3.8) is 0 Å². The maximum atomic E-state index is 11.7. The Morgan fingerprint density at radius 1 is 1.44 bits per heavy atom. The molecule has 3 nitrogen and oxygen atoms in total. The molecular weight excluding hydrogens is 202 g/mol. The Labute approximate surface area is 98.5 Å². The molecule has 0 bridgehead atoms. The van der Waals surface area contributed by atoms with Gasteiger partial charge >= 0.3 is 6.09 Å². The van der Waals surface area contributed by atoms with Crippen molar-refractivity contribution >= 4 is 6.09 Å². The zero-order valence-corrected chi connectivity index (χ0v) is 10.9. The number of allylic oxidation sites excluding steroid dienone is 1. The van der Waals surface area contributed by atoms with Crippen molar-refractivity contribution in [1.82, 2.24) is 4.90 Å². The molecule has 1 rings (SSSR count). The third-order valence-corrected chi connectivity index (χ3v) is 2.53. The molecule has 0 saturated heterocycles. The maximum absolute atomic E-state index is 11.7. The fourth-order valence-electron chi connectivity index (χ4n) is 1.76. The van der Waals surface area contributed by atoms with Gasteiger partial charge in [0.1, 0.15) is 5.60 Å². The highest BCUT2D eigenvalue weighted by molar-refractivity contribution is 5.68. The lowest BCUT2D eigenvalue weighted by atomic mass is 9.99. The van der Waals surface area contributed by atoms with E-state index in [1.807, 2.05) is 20.8 Å². The Kier molecular flexibility index (Phi) is 4.39. The largest absolute Gasteiger partial charge is 0.444 e. The van der Waals surface area contributed by atoms with Crippen LogP contribution in [0.15, 0.2) is 11.6 Å². The van der Waals surface area contributed by atoms with Crippen LogP contribution in [0.4, 0.5) is 4.79 Å². The zero-order valence-electron chi connectivity index (χ0n) is 10.9. The van der Waals surface area contributed by atoms with Crippen molar-refractivity contribution < 1.29 is 9.53 Å². The van der Waals surface area contributed by atoms with Crippen LogP contribution in [-0.2, 0) is 4.74 Å². The average Bonchev–Trinajstić information content (AvgIpc) is 2.16. The molecule has 0 fully saturated rings. The summed E-state index contributed by atoms with van der Waals surface area (Å²) >= 11 is 0. The molecule has 0 atom stereocenters. The van der Waals surface area contributed by atoms with Gasteiger partial charge in [-0.05, 0) is 46.5 Å². The summed E-state index contributed by atoms with van der Waals surface area (Å²) in [5.41, 5.74) is 0.950. The van der Waals surface area contributed by atoms with Crippen molar-refractivity contribution in [2.24, 2.45) is 0 Å². The van der Waals surface area contributed by atoms with E-state index in [1.54, 1.807) is 11.9 Å². The summed E-state index contributed by atoms with van der Waals surface area (Å²) in [6.07, 6.45) is 6.81. The van der Waals surface area contributed by atoms with E-state index in [-0.39, 0.29) is 6.09 Å². The lowest BCUT2D eigenvalue weighted by Gasteiger charge is -2.26. The van der Waals surface area contributed by atoms with Crippen LogP contribution >= 0.6 is 0 Å². The normalized spacial score (nSPS) is 16.6. The van der Waals surface area contributed by atoms with Gasteiger partial charge in [-0.2, -0.15) is 0 Å². The molecule has 3 heteroatoms. The van der Waals surface area contributed by atoms with Gasteiger partial charge in [-0.15, -0.1) is 0 Å². The van der Waals surface area contributed by atoms with Crippen molar-refractivity contribution in [3.05, 3.63) is 11.6 Å². The highest BCUT2D eigenvalue weighted by Gasteiger charge is 2.20. The molecule has 0 aromatic rings. The summed E-state index contributed by atoms with van der Waals surface area (Å²) in [5.74, 6) is 0. The van der Waals surface area contributed by atoms with Crippen LogP contribution < -0.4 is 0 Å². The Balaban J connectivity index is 2.42. The van der Waals surface area contributed by atoms with Crippen LogP contribution in [0.3, 0.4) is 0 Å². The minimum absolute atomic E-state index is 0.237. The smallest absolute Gasteiger partial charge is 0.410 e. The number of rotatable bonds is 2. The SMILES string of the molecule is CN(CC1=CCCCC1)C(=O)OC(C)(C)C. The van der Waals surface area contributed by atoms with Gasteiger partial charge in [0.25, 0.3) is 0 Å². The fraction of sp³-hybridized carbons (Fsp3) is 0.769. The minimum Gasteiger partial charge on any atom is -0.444 e. The first-order valence-corrected chi connectivity index (χ1v) is 6.00. The van der Waals surface area contributed by atoms with Crippen LogP contribution in [-0.4, -0.2) is 30.2 Å². The number of hydrogen-bond acceptors (Lipinski definition) is 2. The molecule has 0 N–H and O–H groups in total. The first-order valence-electron chi connectivity index (χ1n) is 6.00. The van der Waals surface area contributed by atoms with Crippen molar-refractivity contribution in [2.75, 3.05) is 13.6 Å². The second-order valence-corrected chi connectivity index (χ2v) is 5.44. The van der Waals surface area contributed by atoms with Gasteiger partial charge in [-0.1, -0.05) is 11.6 Å². The van der Waals surface area contributed by atoms with E-state index in [4.69, 9.17) is 4.74 Å². The Morgan fingerprint density at radius 2 is 2.12 bits per heavy atom. The van der Waals surface area contributed by atoms with Crippen LogP contribution in [0.1, 0.15) is 46.5 Å². The third kappa shape index (κ3) is 4.69. The predicted molar refractivity (Wildman–Crippen MR) is 65.4 cm³/mol. The highest BCUT2D eigenvalue weighted by Crippen LogP contribution is 2.18. The second-order valence-electron chi connectivity index (χ2n) is 5.44. The van der Waals surface area contributed by atoms with Gasteiger partial charge in [-0.3, -0.25) is 0 Å². The van der Waals surface area contributed by atoms with E-state index >= 15 is 0 Å². The first kappa shape index (κ1) is 13.1. The summed E-state index contributed by atoms with van der Waals surface area (Å²) in [4.78, 5) is 13.4. The summed E-state index contributed by atoms with van der Waals surface area (Å²) in [6.45, 7) is 6.37. The lowest BCUT2D eigenvalue weighted by molar-refractivity contribution is 0.0312. The molecule has 16 heavy (non-hydrogen) atoms. The van der Waals surface area contributed by atoms with E-state index < -0.39 is 5.60 Å². The third-order valence-electron chi connectivity index (χ3n) is 2.53. The Morgan fingerprint density at radius 3 is 2.62 bits per heavy atom. The maximum Gasteiger partial charge on any atom is 0.410 e. The molecule has 0 unspecified atom stereocenters. The quantitative estimate of drug-likeness (QED) is 0.674. The highest BCUT2D eigenvalue weighted by atomic mass is 16.6. The van der Waals surface area contributed by atoms with Gasteiger partial charge in [0.05, 0.1) is 0 Å². The molecule has 1 aliphatic carbocycles. The van der Waals surface area contributed by atoms with E-state index in [9.17, 15) is 4.79 Å². The number of nitrogens with zero attached hydrogens (tertiary/aromatic N) is 1. The van der Waals surface area contributed by atoms with E-state index in [0.29, 0.717) is 6.54 Å². The van der Waals surface area contributed by atoms with Crippen LogP contribution in [0.5, 0.6) is 0 Å². The number of ether oxygens (including phenoxy) is 1. The Bertz CT molecular complexity index is 276.